The van der Waals surface area contributed by atoms with Crippen LogP contribution in [-0.4, -0.2) is 11.3 Å². The molecule has 0 radical (unpaired) electrons. The largest absolute Gasteiger partial charge is 0.456 e. The summed E-state index contributed by atoms with van der Waals surface area (Å²) >= 11 is 0. The molecule has 0 spiro atoms. The molecule has 0 bridgehead atoms. The van der Waals surface area contributed by atoms with Crippen molar-refractivity contribution in [2.45, 2.75) is 78.6 Å². The van der Waals surface area contributed by atoms with Gasteiger partial charge in [0.25, 0.3) is 6.71 Å². The van der Waals surface area contributed by atoms with Gasteiger partial charge in [-0.05, 0) is 248 Å². The quantitative estimate of drug-likeness (QED) is 0.108. The van der Waals surface area contributed by atoms with E-state index in [0.717, 1.165) is 195 Å². The van der Waals surface area contributed by atoms with Crippen molar-refractivity contribution in [3.63, 3.8) is 0 Å². The average Bonchev–Trinajstić information content (AvgIpc) is 1.66. The molecule has 18 aromatic carbocycles. The number of para-hydroxylation sites is 1. The summed E-state index contributed by atoms with van der Waals surface area (Å²) in [6.45, 7) is 21.0. The lowest BCUT2D eigenvalue weighted by molar-refractivity contribution is 0.590. The van der Waals surface area contributed by atoms with E-state index < -0.39 is 12.1 Å². The Hall–Kier alpha value is -14.8. The van der Waals surface area contributed by atoms with Crippen LogP contribution in [0.25, 0.3) is 161 Å². The summed E-state index contributed by atoms with van der Waals surface area (Å²) in [6, 6.07) is 153. The van der Waals surface area contributed by atoms with Crippen LogP contribution in [0.15, 0.2) is 411 Å². The van der Waals surface area contributed by atoms with Gasteiger partial charge in [-0.25, -0.2) is 0 Å². The van der Waals surface area contributed by atoms with Gasteiger partial charge in [-0.2, -0.15) is 0 Å². The number of fused-ring (bicyclic) bond motifs is 10. The van der Waals surface area contributed by atoms with E-state index in [1.165, 1.54) is 33.2 Å². The van der Waals surface area contributed by atoms with Crippen LogP contribution in [0.5, 0.6) is 0 Å². The number of anilines is 6. The maximum Gasteiger partial charge on any atom is 0.252 e. The van der Waals surface area contributed by atoms with Gasteiger partial charge in [-0.15, -0.1) is 0 Å². The van der Waals surface area contributed by atoms with Gasteiger partial charge in [0.05, 0.1) is 22.4 Å². The standard InChI is InChI=1S/C120H94BN3O/c1-118(2,3)89-63-97(83-51-31-16-32-52-83)116(98(64-89)84-53-33-17-34-54-84)123-109-72-102-101-69-93(79-43-23-12-24-44-79)95(81-47-27-14-28-48-81)71-107(101)122(92-59-35-18-36-60-92)108(102)75-105(109)121-106-76-114-104(103-70-94(80-45-25-13-26-46-80)96(74-113(103)125-114)82-49-29-15-30-50-82)73-110(106)124(112-68-91(120(7,8)9)67-111(123)115(112)121)117-99(87-57-37-55-85(61-87)77-39-19-10-20-40-77)65-90(119(4,5)6)66-100(117)88-58-38-56-86(62-88)78-41-21-11-22-42-78/h10-76H,1-9H3. The lowest BCUT2D eigenvalue weighted by atomic mass is 9.33. The highest BCUT2D eigenvalue weighted by molar-refractivity contribution is 7.00. The number of aromatic nitrogens is 1. The zero-order valence-corrected chi connectivity index (χ0v) is 72.0. The molecular formula is C120H94BN3O. The van der Waals surface area contributed by atoms with Crippen molar-refractivity contribution < 1.29 is 4.42 Å². The number of hydrogen-bond acceptors (Lipinski definition) is 3. The molecule has 2 aliphatic rings. The first-order valence-electron chi connectivity index (χ1n) is 44.0. The Balaban J connectivity index is 0.957. The van der Waals surface area contributed by atoms with Gasteiger partial charge in [-0.1, -0.05) is 360 Å². The summed E-state index contributed by atoms with van der Waals surface area (Å²) in [4.78, 5) is 5.52. The topological polar surface area (TPSA) is 24.6 Å². The number of rotatable bonds is 13. The minimum Gasteiger partial charge on any atom is -0.456 e. The van der Waals surface area contributed by atoms with Crippen molar-refractivity contribution >= 4 is 101 Å². The van der Waals surface area contributed by atoms with E-state index >= 15 is 0 Å². The van der Waals surface area contributed by atoms with Crippen LogP contribution in [0.4, 0.5) is 34.1 Å². The van der Waals surface area contributed by atoms with E-state index in [9.17, 15) is 0 Å². The molecule has 0 amide bonds. The van der Waals surface area contributed by atoms with Gasteiger partial charge in [0.2, 0.25) is 0 Å². The predicted octanol–water partition coefficient (Wildman–Crippen LogP) is 31.3. The first kappa shape index (κ1) is 76.4. The molecule has 2 aliphatic heterocycles. The number of furan rings is 1. The van der Waals surface area contributed by atoms with E-state index in [2.05, 4.69) is 483 Å². The molecule has 125 heavy (non-hydrogen) atoms. The van der Waals surface area contributed by atoms with E-state index in [-0.39, 0.29) is 10.8 Å². The monoisotopic (exact) mass is 1600 g/mol. The maximum atomic E-state index is 7.75. The second-order valence-electron chi connectivity index (χ2n) is 37.1. The van der Waals surface area contributed by atoms with Crippen molar-refractivity contribution in [2.24, 2.45) is 0 Å². The van der Waals surface area contributed by atoms with E-state index in [1.54, 1.807) is 0 Å². The minimum atomic E-state index is -0.423. The summed E-state index contributed by atoms with van der Waals surface area (Å²) in [5.41, 5.74) is 40.4. The highest BCUT2D eigenvalue weighted by Gasteiger charge is 2.48. The molecule has 0 saturated carbocycles. The van der Waals surface area contributed by atoms with E-state index in [1.807, 2.05) is 0 Å². The Bertz CT molecular complexity index is 7420. The second kappa shape index (κ2) is 30.1. The van der Waals surface area contributed by atoms with Crippen LogP contribution in [0, 0.1) is 0 Å². The van der Waals surface area contributed by atoms with Gasteiger partial charge < -0.3 is 18.8 Å². The fraction of sp³-hybridized carbons (Fsp3) is 0.100. The van der Waals surface area contributed by atoms with Crippen LogP contribution in [0.1, 0.15) is 79.0 Å². The first-order chi connectivity index (χ1) is 60.9. The molecule has 0 aliphatic carbocycles. The van der Waals surface area contributed by atoms with Crippen LogP contribution in [0.2, 0.25) is 0 Å². The molecular weight excluding hydrogens is 1510 g/mol. The minimum absolute atomic E-state index is 0.250. The third-order valence-electron chi connectivity index (χ3n) is 26.2. The number of nitrogens with zero attached hydrogens (tertiary/aromatic N) is 3. The fourth-order valence-electron chi connectivity index (χ4n) is 19.8. The number of benzene rings is 18. The highest BCUT2D eigenvalue weighted by atomic mass is 16.3. The molecule has 4 nitrogen and oxygen atoms in total. The van der Waals surface area contributed by atoms with Gasteiger partial charge >= 0.3 is 0 Å². The SMILES string of the molecule is CC(C)(C)c1cc(-c2cccc(-c3ccccc3)c2)c(N2c3cc4c(cc3B3c5cc6c(cc5N(c5c(-c7ccccc7)cc(C(C)(C)C)cc5-c5ccccc5)c5cc(C(C)(C)C)cc2c53)c2cc(-c3ccccc3)c(-c3ccccc3)cc2n6-c2ccccc2)oc2cc(-c3ccccc3)c(-c3ccccc3)cc24)c(-c2cccc(-c3ccccc3)c2)c1. The molecule has 0 atom stereocenters. The first-order valence-corrected chi connectivity index (χ1v) is 44.0. The van der Waals surface area contributed by atoms with Crippen molar-refractivity contribution in [3.8, 4) is 117 Å². The Morgan fingerprint density at radius 3 is 0.912 bits per heavy atom. The predicted molar refractivity (Wildman–Crippen MR) is 533 cm³/mol. The Morgan fingerprint density at radius 2 is 0.504 bits per heavy atom. The molecule has 0 fully saturated rings. The summed E-state index contributed by atoms with van der Waals surface area (Å²) in [6.07, 6.45) is 0. The zero-order chi connectivity index (χ0) is 84.6. The van der Waals surface area contributed by atoms with Crippen molar-refractivity contribution in [1.82, 2.24) is 4.57 Å². The summed E-state index contributed by atoms with van der Waals surface area (Å²) in [5, 5.41) is 4.37. The lowest BCUT2D eigenvalue weighted by Crippen LogP contribution is -2.61. The molecule has 0 saturated heterocycles. The molecule has 22 rings (SSSR count). The van der Waals surface area contributed by atoms with E-state index in [0.29, 0.717) is 0 Å². The van der Waals surface area contributed by atoms with E-state index in [4.69, 9.17) is 4.42 Å². The number of hydrogen-bond donors (Lipinski definition) is 0. The molecule has 2 aromatic heterocycles. The molecule has 0 unspecified atom stereocenters. The smallest absolute Gasteiger partial charge is 0.252 e. The van der Waals surface area contributed by atoms with Gasteiger partial charge in [-0.3, -0.25) is 0 Å². The molecule has 5 heteroatoms. The van der Waals surface area contributed by atoms with Gasteiger partial charge in [0, 0.05) is 72.2 Å². The lowest BCUT2D eigenvalue weighted by Gasteiger charge is -2.46. The summed E-state index contributed by atoms with van der Waals surface area (Å²) in [5.74, 6) is 0. The van der Waals surface area contributed by atoms with Crippen LogP contribution in [-0.2, 0) is 16.2 Å². The third-order valence-corrected chi connectivity index (χ3v) is 26.2. The van der Waals surface area contributed by atoms with Crippen LogP contribution >= 0.6 is 0 Å². The maximum absolute atomic E-state index is 7.75. The van der Waals surface area contributed by atoms with Crippen molar-refractivity contribution in [1.29, 1.82) is 0 Å². The normalized spacial score (nSPS) is 12.6. The zero-order valence-electron chi connectivity index (χ0n) is 72.0. The Labute approximate surface area is 733 Å². The molecule has 598 valence electrons. The highest BCUT2D eigenvalue weighted by Crippen LogP contribution is 2.58. The fourth-order valence-corrected chi connectivity index (χ4v) is 19.8. The second-order valence-corrected chi connectivity index (χ2v) is 37.1. The molecule has 20 aromatic rings. The van der Waals surface area contributed by atoms with Crippen molar-refractivity contribution in [2.75, 3.05) is 9.80 Å². The summed E-state index contributed by atoms with van der Waals surface area (Å²) < 4.78 is 10.3. The molecule has 0 N–H and O–H groups in total. The summed E-state index contributed by atoms with van der Waals surface area (Å²) in [7, 11) is 0. The van der Waals surface area contributed by atoms with Crippen LogP contribution < -0.4 is 26.2 Å². The van der Waals surface area contributed by atoms with Crippen LogP contribution in [0.3, 0.4) is 0 Å². The van der Waals surface area contributed by atoms with Crippen molar-refractivity contribution in [3.05, 3.63) is 423 Å². The van der Waals surface area contributed by atoms with Gasteiger partial charge in [0.1, 0.15) is 11.2 Å². The Morgan fingerprint density at radius 1 is 0.216 bits per heavy atom. The third kappa shape index (κ3) is 13.3. The van der Waals surface area contributed by atoms with Gasteiger partial charge in [0.15, 0.2) is 0 Å². The molecule has 4 heterocycles. The average molecular weight is 1600 g/mol. The Kier molecular flexibility index (Phi) is 18.4.